The second-order valence-corrected chi connectivity index (χ2v) is 6.00. The molecule has 0 saturated carbocycles. The molecule has 1 aliphatic heterocycles. The molecule has 0 aliphatic carbocycles. The number of halogens is 1. The summed E-state index contributed by atoms with van der Waals surface area (Å²) in [5.74, 6) is 0.948. The first kappa shape index (κ1) is 14.8. The van der Waals surface area contributed by atoms with Gasteiger partial charge in [-0.05, 0) is 37.7 Å². The van der Waals surface area contributed by atoms with Crippen LogP contribution in [-0.2, 0) is 0 Å². The third kappa shape index (κ3) is 4.48. The first-order valence-electron chi connectivity index (χ1n) is 7.04. The van der Waals surface area contributed by atoms with Crippen molar-refractivity contribution in [2.75, 3.05) is 39.3 Å². The van der Waals surface area contributed by atoms with Crippen LogP contribution in [0.5, 0.6) is 5.75 Å². The number of piperazine rings is 1. The Balaban J connectivity index is 1.70. The number of likely N-dealkylation sites (N-methyl/N-ethyl adjacent to an activating group) is 1. The number of rotatable bonds is 5. The maximum Gasteiger partial charge on any atom is 0.119 e. The van der Waals surface area contributed by atoms with Gasteiger partial charge in [-0.15, -0.1) is 0 Å². The Morgan fingerprint density at radius 2 is 2.00 bits per heavy atom. The maximum atomic E-state index is 5.78. The van der Waals surface area contributed by atoms with Crippen molar-refractivity contribution < 1.29 is 4.74 Å². The van der Waals surface area contributed by atoms with Gasteiger partial charge in [0.1, 0.15) is 12.4 Å². The van der Waals surface area contributed by atoms with Gasteiger partial charge in [0.05, 0.1) is 0 Å². The van der Waals surface area contributed by atoms with E-state index < -0.39 is 0 Å². The van der Waals surface area contributed by atoms with Crippen molar-refractivity contribution in [3.63, 3.8) is 0 Å². The average Bonchev–Trinajstić information content (AvgIpc) is 2.41. The van der Waals surface area contributed by atoms with Crippen LogP contribution >= 0.6 is 15.9 Å². The normalized spacial score (nSPS) is 21.5. The van der Waals surface area contributed by atoms with E-state index in [0.29, 0.717) is 6.04 Å². The molecule has 0 N–H and O–H groups in total. The van der Waals surface area contributed by atoms with Crippen LogP contribution in [-0.4, -0.2) is 55.2 Å². The lowest BCUT2D eigenvalue weighted by Crippen LogP contribution is -2.52. The van der Waals surface area contributed by atoms with Crippen LogP contribution in [0, 0.1) is 0 Å². The predicted molar refractivity (Wildman–Crippen MR) is 82.8 cm³/mol. The monoisotopic (exact) mass is 326 g/mol. The number of ether oxygens (including phenoxy) is 1. The molecule has 0 bridgehead atoms. The molecule has 0 spiro atoms. The molecule has 1 heterocycles. The van der Waals surface area contributed by atoms with Crippen molar-refractivity contribution in [2.45, 2.75) is 19.9 Å². The summed E-state index contributed by atoms with van der Waals surface area (Å²) in [6, 6.07) is 8.68. The molecule has 4 heteroatoms. The van der Waals surface area contributed by atoms with Gasteiger partial charge < -0.3 is 4.74 Å². The largest absolute Gasteiger partial charge is 0.492 e. The lowest BCUT2D eigenvalue weighted by atomic mass is 10.2. The van der Waals surface area contributed by atoms with Crippen molar-refractivity contribution in [1.29, 1.82) is 0 Å². The Hall–Kier alpha value is -0.580. The van der Waals surface area contributed by atoms with Crippen molar-refractivity contribution in [2.24, 2.45) is 0 Å². The zero-order chi connectivity index (χ0) is 13.7. The second kappa shape index (κ2) is 7.27. The Morgan fingerprint density at radius 1 is 1.26 bits per heavy atom. The molecule has 2 rings (SSSR count). The summed E-state index contributed by atoms with van der Waals surface area (Å²) >= 11 is 3.43. The van der Waals surface area contributed by atoms with Crippen LogP contribution in [0.25, 0.3) is 0 Å². The van der Waals surface area contributed by atoms with Gasteiger partial charge in [-0.3, -0.25) is 9.80 Å². The van der Waals surface area contributed by atoms with E-state index in [0.717, 1.165) is 43.0 Å². The fourth-order valence-corrected chi connectivity index (χ4v) is 2.83. The number of hydrogen-bond donors (Lipinski definition) is 0. The van der Waals surface area contributed by atoms with Crippen molar-refractivity contribution in [1.82, 2.24) is 9.80 Å². The van der Waals surface area contributed by atoms with Gasteiger partial charge in [0.25, 0.3) is 0 Å². The van der Waals surface area contributed by atoms with E-state index in [1.54, 1.807) is 0 Å². The molecule has 1 aromatic carbocycles. The Morgan fingerprint density at radius 3 is 2.63 bits per heavy atom. The van der Waals surface area contributed by atoms with E-state index in [2.05, 4.69) is 39.6 Å². The van der Waals surface area contributed by atoms with Crippen LogP contribution in [0.3, 0.4) is 0 Å². The molecule has 0 amide bonds. The van der Waals surface area contributed by atoms with Gasteiger partial charge in [-0.1, -0.05) is 22.9 Å². The summed E-state index contributed by atoms with van der Waals surface area (Å²) in [7, 11) is 0. The lowest BCUT2D eigenvalue weighted by Gasteiger charge is -2.39. The zero-order valence-electron chi connectivity index (χ0n) is 11.8. The molecular formula is C15H23BrN2O. The smallest absolute Gasteiger partial charge is 0.119 e. The molecular weight excluding hydrogens is 304 g/mol. The summed E-state index contributed by atoms with van der Waals surface area (Å²) < 4.78 is 6.86. The molecule has 1 unspecified atom stereocenters. The highest BCUT2D eigenvalue weighted by atomic mass is 79.9. The van der Waals surface area contributed by atoms with E-state index in [1.807, 2.05) is 24.3 Å². The van der Waals surface area contributed by atoms with Gasteiger partial charge in [0, 0.05) is 36.7 Å². The van der Waals surface area contributed by atoms with Gasteiger partial charge >= 0.3 is 0 Å². The van der Waals surface area contributed by atoms with Crippen LogP contribution in [0.15, 0.2) is 28.7 Å². The minimum absolute atomic E-state index is 0.659. The average molecular weight is 327 g/mol. The zero-order valence-corrected chi connectivity index (χ0v) is 13.4. The summed E-state index contributed by atoms with van der Waals surface area (Å²) in [4.78, 5) is 5.03. The highest BCUT2D eigenvalue weighted by Gasteiger charge is 2.21. The van der Waals surface area contributed by atoms with E-state index in [1.165, 1.54) is 6.54 Å². The standard InChI is InChI=1S/C15H23BrN2O/c1-3-18-9-8-17(12-13(18)2)10-11-19-15-6-4-14(16)5-7-15/h4-7,13H,3,8-12H2,1-2H3. The van der Waals surface area contributed by atoms with E-state index in [9.17, 15) is 0 Å². The SMILES string of the molecule is CCN1CCN(CCOc2ccc(Br)cc2)CC1C. The first-order valence-corrected chi connectivity index (χ1v) is 7.83. The van der Waals surface area contributed by atoms with Crippen molar-refractivity contribution >= 4 is 15.9 Å². The van der Waals surface area contributed by atoms with Crippen LogP contribution < -0.4 is 4.74 Å². The molecule has 19 heavy (non-hydrogen) atoms. The molecule has 1 saturated heterocycles. The third-order valence-corrected chi connectivity index (χ3v) is 4.27. The highest BCUT2D eigenvalue weighted by Crippen LogP contribution is 2.16. The quantitative estimate of drug-likeness (QED) is 0.827. The summed E-state index contributed by atoms with van der Waals surface area (Å²) in [5.41, 5.74) is 0. The van der Waals surface area contributed by atoms with Gasteiger partial charge in [-0.2, -0.15) is 0 Å². The van der Waals surface area contributed by atoms with E-state index in [-0.39, 0.29) is 0 Å². The van der Waals surface area contributed by atoms with Gasteiger partial charge in [0.2, 0.25) is 0 Å². The minimum Gasteiger partial charge on any atom is -0.492 e. The number of hydrogen-bond acceptors (Lipinski definition) is 3. The van der Waals surface area contributed by atoms with Crippen LogP contribution in [0.2, 0.25) is 0 Å². The summed E-state index contributed by atoms with van der Waals surface area (Å²) in [6.07, 6.45) is 0. The van der Waals surface area contributed by atoms with Crippen LogP contribution in [0.1, 0.15) is 13.8 Å². The minimum atomic E-state index is 0.659. The fraction of sp³-hybridized carbons (Fsp3) is 0.600. The Kier molecular flexibility index (Phi) is 5.67. The molecule has 106 valence electrons. The number of benzene rings is 1. The molecule has 1 atom stereocenters. The van der Waals surface area contributed by atoms with Crippen molar-refractivity contribution in [3.8, 4) is 5.75 Å². The lowest BCUT2D eigenvalue weighted by molar-refractivity contribution is 0.0781. The first-order chi connectivity index (χ1) is 9.19. The number of nitrogens with zero attached hydrogens (tertiary/aromatic N) is 2. The highest BCUT2D eigenvalue weighted by molar-refractivity contribution is 9.10. The molecule has 0 aromatic heterocycles. The summed E-state index contributed by atoms with van der Waals surface area (Å²) in [5, 5.41) is 0. The van der Waals surface area contributed by atoms with Gasteiger partial charge in [0.15, 0.2) is 0 Å². The predicted octanol–water partition coefficient (Wildman–Crippen LogP) is 2.85. The topological polar surface area (TPSA) is 15.7 Å². The van der Waals surface area contributed by atoms with Gasteiger partial charge in [-0.25, -0.2) is 0 Å². The third-order valence-electron chi connectivity index (χ3n) is 3.75. The summed E-state index contributed by atoms with van der Waals surface area (Å²) in [6.45, 7) is 11.0. The second-order valence-electron chi connectivity index (χ2n) is 5.08. The molecule has 1 aliphatic rings. The van der Waals surface area contributed by atoms with E-state index in [4.69, 9.17) is 4.74 Å². The van der Waals surface area contributed by atoms with E-state index >= 15 is 0 Å². The molecule has 1 fully saturated rings. The molecule has 0 radical (unpaired) electrons. The maximum absolute atomic E-state index is 5.78. The van der Waals surface area contributed by atoms with Crippen molar-refractivity contribution in [3.05, 3.63) is 28.7 Å². The Bertz CT molecular complexity index is 382. The molecule has 1 aromatic rings. The van der Waals surface area contributed by atoms with Crippen LogP contribution in [0.4, 0.5) is 0 Å². The Labute approximate surface area is 124 Å². The fourth-order valence-electron chi connectivity index (χ4n) is 2.57. The molecule has 3 nitrogen and oxygen atoms in total.